The van der Waals surface area contributed by atoms with Crippen molar-refractivity contribution >= 4 is 17.5 Å². The maximum Gasteiger partial charge on any atom is 0.319 e. The number of carbonyl (C=O) groups is 1. The molecular formula is C18H19FN6O. The summed E-state index contributed by atoms with van der Waals surface area (Å²) >= 11 is 0. The van der Waals surface area contributed by atoms with E-state index in [2.05, 4.69) is 26.7 Å². The second-order valence-electron chi connectivity index (χ2n) is 6.09. The summed E-state index contributed by atoms with van der Waals surface area (Å²) < 4.78 is 13.5. The van der Waals surface area contributed by atoms with Crippen molar-refractivity contribution < 1.29 is 9.18 Å². The predicted molar refractivity (Wildman–Crippen MR) is 95.1 cm³/mol. The van der Waals surface area contributed by atoms with Crippen LogP contribution < -0.4 is 15.5 Å². The summed E-state index contributed by atoms with van der Waals surface area (Å²) in [6, 6.07) is 7.69. The molecule has 7 nitrogen and oxygen atoms in total. The highest BCUT2D eigenvalue weighted by atomic mass is 19.1. The quantitative estimate of drug-likeness (QED) is 0.880. The summed E-state index contributed by atoms with van der Waals surface area (Å²) in [4.78, 5) is 22.3. The van der Waals surface area contributed by atoms with Crippen LogP contribution in [0, 0.1) is 23.1 Å². The Kier molecular flexibility index (Phi) is 5.59. The molecule has 1 aliphatic heterocycles. The van der Waals surface area contributed by atoms with Gasteiger partial charge < -0.3 is 15.5 Å². The van der Waals surface area contributed by atoms with E-state index in [1.54, 1.807) is 18.3 Å². The van der Waals surface area contributed by atoms with Crippen LogP contribution >= 0.6 is 0 Å². The number of aromatic nitrogens is 2. The molecule has 1 aromatic carbocycles. The molecule has 0 radical (unpaired) electrons. The van der Waals surface area contributed by atoms with E-state index >= 15 is 0 Å². The Morgan fingerprint density at radius 1 is 1.27 bits per heavy atom. The van der Waals surface area contributed by atoms with E-state index in [1.165, 1.54) is 18.3 Å². The topological polar surface area (TPSA) is 93.9 Å². The Morgan fingerprint density at radius 3 is 2.73 bits per heavy atom. The van der Waals surface area contributed by atoms with Crippen molar-refractivity contribution in [3.63, 3.8) is 0 Å². The first-order valence-electron chi connectivity index (χ1n) is 8.43. The molecule has 1 aliphatic rings. The lowest BCUT2D eigenvalue weighted by atomic mass is 9.97. The highest BCUT2D eigenvalue weighted by Crippen LogP contribution is 2.23. The van der Waals surface area contributed by atoms with Crippen molar-refractivity contribution in [2.24, 2.45) is 5.92 Å². The molecule has 0 atom stereocenters. The molecule has 0 saturated carbocycles. The van der Waals surface area contributed by atoms with Gasteiger partial charge in [0.25, 0.3) is 0 Å². The normalized spacial score (nSPS) is 14.5. The highest BCUT2D eigenvalue weighted by Gasteiger charge is 2.22. The van der Waals surface area contributed by atoms with Crippen molar-refractivity contribution in [1.29, 1.82) is 5.26 Å². The summed E-state index contributed by atoms with van der Waals surface area (Å²) in [5, 5.41) is 14.4. The molecule has 1 aromatic heterocycles. The van der Waals surface area contributed by atoms with Crippen LogP contribution in [0.5, 0.6) is 0 Å². The molecule has 2 aromatic rings. The summed E-state index contributed by atoms with van der Waals surface area (Å²) in [6.45, 7) is 2.00. The SMILES string of the molecule is N#Cc1nccnc1N1CCC(CNC(=O)Nc2ccccc2F)CC1. The summed E-state index contributed by atoms with van der Waals surface area (Å²) in [6.07, 6.45) is 4.81. The van der Waals surface area contributed by atoms with E-state index < -0.39 is 11.8 Å². The van der Waals surface area contributed by atoms with Crippen LogP contribution in [0.25, 0.3) is 0 Å². The second-order valence-corrected chi connectivity index (χ2v) is 6.09. The van der Waals surface area contributed by atoms with Gasteiger partial charge in [-0.15, -0.1) is 0 Å². The average Bonchev–Trinajstić information content (AvgIpc) is 2.68. The largest absolute Gasteiger partial charge is 0.354 e. The molecule has 134 valence electrons. The molecule has 3 rings (SSSR count). The predicted octanol–water partition coefficient (Wildman–Crippen LogP) is 2.53. The van der Waals surface area contributed by atoms with Crippen LogP contribution in [-0.2, 0) is 0 Å². The van der Waals surface area contributed by atoms with Crippen LogP contribution in [0.2, 0.25) is 0 Å². The number of piperidine rings is 1. The van der Waals surface area contributed by atoms with Gasteiger partial charge in [-0.25, -0.2) is 19.2 Å². The molecule has 8 heteroatoms. The van der Waals surface area contributed by atoms with E-state index in [4.69, 9.17) is 5.26 Å². The molecule has 1 fully saturated rings. The minimum Gasteiger partial charge on any atom is -0.354 e. The lowest BCUT2D eigenvalue weighted by Crippen LogP contribution is -2.40. The number of amides is 2. The molecule has 0 bridgehead atoms. The summed E-state index contributed by atoms with van der Waals surface area (Å²) in [7, 11) is 0. The number of carbonyl (C=O) groups excluding carboxylic acids is 1. The number of nitrogens with one attached hydrogen (secondary N) is 2. The smallest absolute Gasteiger partial charge is 0.319 e. The van der Waals surface area contributed by atoms with Crippen LogP contribution in [0.1, 0.15) is 18.5 Å². The molecular weight excluding hydrogens is 335 g/mol. The first kappa shape index (κ1) is 17.6. The Bertz CT molecular complexity index is 813. The van der Waals surface area contributed by atoms with Crippen LogP contribution in [0.15, 0.2) is 36.7 Å². The monoisotopic (exact) mass is 354 g/mol. The molecule has 2 amide bonds. The average molecular weight is 354 g/mol. The zero-order chi connectivity index (χ0) is 18.4. The molecule has 26 heavy (non-hydrogen) atoms. The third kappa shape index (κ3) is 4.25. The van der Waals surface area contributed by atoms with Gasteiger partial charge in [0, 0.05) is 32.0 Å². The van der Waals surface area contributed by atoms with E-state index in [9.17, 15) is 9.18 Å². The fourth-order valence-corrected chi connectivity index (χ4v) is 2.96. The number of nitriles is 1. The van der Waals surface area contributed by atoms with Crippen molar-refractivity contribution in [1.82, 2.24) is 15.3 Å². The Hall–Kier alpha value is -3.21. The number of nitrogens with zero attached hydrogens (tertiary/aromatic N) is 4. The van der Waals surface area contributed by atoms with Crippen molar-refractivity contribution in [2.75, 3.05) is 29.9 Å². The third-order valence-electron chi connectivity index (χ3n) is 4.37. The first-order chi connectivity index (χ1) is 12.7. The van der Waals surface area contributed by atoms with E-state index in [1.807, 2.05) is 4.90 Å². The van der Waals surface area contributed by atoms with Crippen molar-refractivity contribution in [3.8, 4) is 6.07 Å². The van der Waals surface area contributed by atoms with Crippen molar-refractivity contribution in [3.05, 3.63) is 48.2 Å². The van der Waals surface area contributed by atoms with Gasteiger partial charge in [0.2, 0.25) is 0 Å². The lowest BCUT2D eigenvalue weighted by Gasteiger charge is -2.32. The maximum atomic E-state index is 13.5. The standard InChI is InChI=1S/C18H19FN6O/c19-14-3-1-2-4-15(14)24-18(26)23-12-13-5-9-25(10-6-13)17-16(11-20)21-7-8-22-17/h1-4,7-8,13H,5-6,9-10,12H2,(H2,23,24,26). The Labute approximate surface area is 150 Å². The number of anilines is 2. The van der Waals surface area contributed by atoms with E-state index in [-0.39, 0.29) is 5.69 Å². The summed E-state index contributed by atoms with van der Waals surface area (Å²) in [5.41, 5.74) is 0.486. The fourth-order valence-electron chi connectivity index (χ4n) is 2.96. The number of hydrogen-bond acceptors (Lipinski definition) is 5. The number of hydrogen-bond donors (Lipinski definition) is 2. The molecule has 1 saturated heterocycles. The van der Waals surface area contributed by atoms with Crippen LogP contribution in [0.3, 0.4) is 0 Å². The highest BCUT2D eigenvalue weighted by molar-refractivity contribution is 5.89. The molecule has 2 N–H and O–H groups in total. The van der Waals surface area contributed by atoms with Crippen LogP contribution in [0.4, 0.5) is 20.7 Å². The number of halogens is 1. The zero-order valence-corrected chi connectivity index (χ0v) is 14.2. The Balaban J connectivity index is 1.46. The van der Waals surface area contributed by atoms with Gasteiger partial charge in [-0.2, -0.15) is 5.26 Å². The van der Waals surface area contributed by atoms with E-state index in [0.29, 0.717) is 24.0 Å². The van der Waals surface area contributed by atoms with Crippen LogP contribution in [-0.4, -0.2) is 35.6 Å². The number of rotatable bonds is 4. The number of benzene rings is 1. The molecule has 0 aliphatic carbocycles. The fraction of sp³-hybridized carbons (Fsp3) is 0.333. The number of urea groups is 1. The van der Waals surface area contributed by atoms with Gasteiger partial charge in [-0.05, 0) is 30.9 Å². The summed E-state index contributed by atoms with van der Waals surface area (Å²) in [5.74, 6) is 0.465. The van der Waals surface area contributed by atoms with Gasteiger partial charge >= 0.3 is 6.03 Å². The number of para-hydroxylation sites is 1. The third-order valence-corrected chi connectivity index (χ3v) is 4.37. The zero-order valence-electron chi connectivity index (χ0n) is 14.2. The van der Waals surface area contributed by atoms with E-state index in [0.717, 1.165) is 25.9 Å². The molecule has 0 unspecified atom stereocenters. The first-order valence-corrected chi connectivity index (χ1v) is 8.43. The molecule has 0 spiro atoms. The Morgan fingerprint density at radius 2 is 2.00 bits per heavy atom. The maximum absolute atomic E-state index is 13.5. The second kappa shape index (κ2) is 8.25. The van der Waals surface area contributed by atoms with Crippen molar-refractivity contribution in [2.45, 2.75) is 12.8 Å². The van der Waals surface area contributed by atoms with Gasteiger partial charge in [0.05, 0.1) is 5.69 Å². The molecule has 2 heterocycles. The van der Waals surface area contributed by atoms with Gasteiger partial charge in [0.15, 0.2) is 11.5 Å². The van der Waals surface area contributed by atoms with Gasteiger partial charge in [0.1, 0.15) is 11.9 Å². The lowest BCUT2D eigenvalue weighted by molar-refractivity contribution is 0.248. The van der Waals surface area contributed by atoms with Gasteiger partial charge in [-0.3, -0.25) is 0 Å². The van der Waals surface area contributed by atoms with Gasteiger partial charge in [-0.1, -0.05) is 12.1 Å². The minimum absolute atomic E-state index is 0.159. The minimum atomic E-state index is -0.465.